The topological polar surface area (TPSA) is 68.4 Å². The number of hydrogen-bond acceptors (Lipinski definition) is 4. The number of nitrogens with zero attached hydrogens (tertiary/aromatic N) is 2. The average Bonchev–Trinajstić information content (AvgIpc) is 3.62. The Kier molecular flexibility index (Phi) is 7.75. The van der Waals surface area contributed by atoms with Crippen molar-refractivity contribution in [3.05, 3.63) is 92.7 Å². The highest BCUT2D eigenvalue weighted by Crippen LogP contribution is 2.40. The number of piperidine rings is 1. The molecule has 2 atom stereocenters. The smallest absolute Gasteiger partial charge is 0.249 e. The van der Waals surface area contributed by atoms with Gasteiger partial charge in [0, 0.05) is 39.5 Å². The molecule has 5 rings (SSSR count). The second-order valence-corrected chi connectivity index (χ2v) is 12.1. The van der Waals surface area contributed by atoms with E-state index in [1.165, 1.54) is 4.88 Å². The quantitative estimate of drug-likeness (QED) is 0.275. The highest BCUT2D eigenvalue weighted by Gasteiger charge is 2.41. The van der Waals surface area contributed by atoms with Crippen molar-refractivity contribution in [3.63, 3.8) is 0 Å². The number of fused-ring (bicyclic) bond motifs is 1. The van der Waals surface area contributed by atoms with Crippen molar-refractivity contribution < 1.29 is 9.59 Å². The van der Waals surface area contributed by atoms with Gasteiger partial charge >= 0.3 is 0 Å². The van der Waals surface area contributed by atoms with Crippen molar-refractivity contribution >= 4 is 50.0 Å². The largest absolute Gasteiger partial charge is 0.361 e. The van der Waals surface area contributed by atoms with Crippen LogP contribution in [0.4, 0.5) is 0 Å². The predicted molar refractivity (Wildman–Crippen MR) is 157 cm³/mol. The molecule has 6 nitrogen and oxygen atoms in total. The normalized spacial score (nSPS) is 16.9. The number of aromatic amines is 1. The molecule has 1 aliphatic rings. The van der Waals surface area contributed by atoms with E-state index < -0.39 is 12.0 Å². The fourth-order valence-electron chi connectivity index (χ4n) is 5.55. The SMILES string of the molecule is CC(C(=O)NC(C(=O)N1CCC(c2cccs2)(N(C)C)CC1)c1ccccc1)c1c[nH]c2ccc(Br)cc12. The van der Waals surface area contributed by atoms with E-state index in [9.17, 15) is 9.59 Å². The lowest BCUT2D eigenvalue weighted by Crippen LogP contribution is -2.53. The van der Waals surface area contributed by atoms with Gasteiger partial charge < -0.3 is 15.2 Å². The summed E-state index contributed by atoms with van der Waals surface area (Å²) in [6, 6.07) is 19.1. The first kappa shape index (κ1) is 26.7. The number of thiophene rings is 1. The minimum atomic E-state index is -0.739. The van der Waals surface area contributed by atoms with Crippen molar-refractivity contribution in [1.29, 1.82) is 0 Å². The van der Waals surface area contributed by atoms with Crippen LogP contribution in [-0.4, -0.2) is 53.8 Å². The van der Waals surface area contributed by atoms with E-state index in [4.69, 9.17) is 0 Å². The van der Waals surface area contributed by atoms with Crippen LogP contribution in [0, 0.1) is 0 Å². The van der Waals surface area contributed by atoms with Gasteiger partial charge in [-0.2, -0.15) is 0 Å². The summed E-state index contributed by atoms with van der Waals surface area (Å²) in [7, 11) is 4.24. The van der Waals surface area contributed by atoms with Crippen LogP contribution >= 0.6 is 27.3 Å². The third-order valence-electron chi connectivity index (χ3n) is 7.94. The first-order valence-corrected chi connectivity index (χ1v) is 14.6. The van der Waals surface area contributed by atoms with Gasteiger partial charge in [0.05, 0.1) is 11.5 Å². The Morgan fingerprint density at radius 2 is 1.82 bits per heavy atom. The van der Waals surface area contributed by atoms with Crippen LogP contribution in [-0.2, 0) is 15.1 Å². The molecule has 1 aliphatic heterocycles. The minimum Gasteiger partial charge on any atom is -0.361 e. The number of benzene rings is 2. The first-order chi connectivity index (χ1) is 18.3. The lowest BCUT2D eigenvalue weighted by molar-refractivity contribution is -0.139. The standard InChI is InChI=1S/C30H33BrN4O2S/c1-20(24-19-32-25-12-11-22(31)18-23(24)25)28(36)33-27(21-8-5-4-6-9-21)29(37)35-15-13-30(14-16-35,34(2)3)26-10-7-17-38-26/h4-12,17-20,27,32H,13-16H2,1-3H3,(H,33,36). The molecule has 0 bridgehead atoms. The van der Waals surface area contributed by atoms with Crippen molar-refractivity contribution in [1.82, 2.24) is 20.1 Å². The van der Waals surface area contributed by atoms with E-state index >= 15 is 0 Å². The molecule has 198 valence electrons. The van der Waals surface area contributed by atoms with E-state index in [1.807, 2.05) is 66.6 Å². The van der Waals surface area contributed by atoms with Crippen LogP contribution in [0.15, 0.2) is 76.7 Å². The van der Waals surface area contributed by atoms with Gasteiger partial charge in [0.15, 0.2) is 0 Å². The molecule has 0 radical (unpaired) electrons. The number of carbonyl (C=O) groups is 2. The van der Waals surface area contributed by atoms with Crippen LogP contribution in [0.2, 0.25) is 0 Å². The van der Waals surface area contributed by atoms with Gasteiger partial charge in [0.2, 0.25) is 11.8 Å². The molecule has 38 heavy (non-hydrogen) atoms. The molecule has 3 heterocycles. The van der Waals surface area contributed by atoms with Gasteiger partial charge in [0.1, 0.15) is 6.04 Å². The van der Waals surface area contributed by atoms with Gasteiger partial charge in [-0.15, -0.1) is 11.3 Å². The molecule has 0 saturated carbocycles. The van der Waals surface area contributed by atoms with E-state index in [1.54, 1.807) is 11.3 Å². The second-order valence-electron chi connectivity index (χ2n) is 10.2. The number of hydrogen-bond donors (Lipinski definition) is 2. The fourth-order valence-corrected chi connectivity index (χ4v) is 6.98. The van der Waals surface area contributed by atoms with E-state index in [0.29, 0.717) is 13.1 Å². The van der Waals surface area contributed by atoms with Crippen LogP contribution in [0.5, 0.6) is 0 Å². The van der Waals surface area contributed by atoms with Crippen molar-refractivity contribution in [2.45, 2.75) is 37.3 Å². The van der Waals surface area contributed by atoms with Gasteiger partial charge in [-0.05, 0) is 74.6 Å². The number of H-pyrrole nitrogens is 1. The molecule has 1 saturated heterocycles. The Labute approximate surface area is 236 Å². The van der Waals surface area contributed by atoms with Gasteiger partial charge in [-0.25, -0.2) is 0 Å². The summed E-state index contributed by atoms with van der Waals surface area (Å²) < 4.78 is 0.956. The summed E-state index contributed by atoms with van der Waals surface area (Å²) >= 11 is 5.31. The molecule has 2 N–H and O–H groups in total. The van der Waals surface area contributed by atoms with Crippen molar-refractivity contribution in [3.8, 4) is 0 Å². The number of aromatic nitrogens is 1. The molecular formula is C30H33BrN4O2S. The molecule has 4 aromatic rings. The number of nitrogens with one attached hydrogen (secondary N) is 2. The van der Waals surface area contributed by atoms with Gasteiger partial charge in [-0.1, -0.05) is 52.3 Å². The number of rotatable bonds is 7. The summed E-state index contributed by atoms with van der Waals surface area (Å²) in [6.45, 7) is 3.17. The van der Waals surface area contributed by atoms with Crippen LogP contribution in [0.1, 0.15) is 47.7 Å². The summed E-state index contributed by atoms with van der Waals surface area (Å²) in [5.74, 6) is -0.665. The molecule has 0 aliphatic carbocycles. The lowest BCUT2D eigenvalue weighted by atomic mass is 9.84. The third kappa shape index (κ3) is 5.05. The zero-order valence-electron chi connectivity index (χ0n) is 21.9. The maximum atomic E-state index is 14.0. The molecule has 0 spiro atoms. The Hall–Kier alpha value is -2.94. The predicted octanol–water partition coefficient (Wildman–Crippen LogP) is 6.03. The van der Waals surface area contributed by atoms with E-state index in [-0.39, 0.29) is 17.4 Å². The zero-order chi connectivity index (χ0) is 26.9. The number of halogens is 1. The lowest BCUT2D eigenvalue weighted by Gasteiger charge is -2.46. The van der Waals surface area contributed by atoms with Gasteiger partial charge in [0.25, 0.3) is 0 Å². The highest BCUT2D eigenvalue weighted by molar-refractivity contribution is 9.10. The van der Waals surface area contributed by atoms with Crippen LogP contribution in [0.3, 0.4) is 0 Å². The Morgan fingerprint density at radius 1 is 1.08 bits per heavy atom. The fraction of sp³-hybridized carbons (Fsp3) is 0.333. The summed E-state index contributed by atoms with van der Waals surface area (Å²) in [4.78, 5) is 36.3. The molecular weight excluding hydrogens is 560 g/mol. The third-order valence-corrected chi connectivity index (χ3v) is 9.50. The minimum absolute atomic E-state index is 0.0584. The Morgan fingerprint density at radius 3 is 2.47 bits per heavy atom. The highest BCUT2D eigenvalue weighted by atomic mass is 79.9. The number of amides is 2. The molecule has 2 unspecified atom stereocenters. The Balaban J connectivity index is 1.36. The van der Waals surface area contributed by atoms with Crippen molar-refractivity contribution in [2.24, 2.45) is 0 Å². The monoisotopic (exact) mass is 592 g/mol. The molecule has 1 fully saturated rings. The van der Waals surface area contributed by atoms with Crippen molar-refractivity contribution in [2.75, 3.05) is 27.2 Å². The molecule has 2 aromatic heterocycles. The molecule has 2 amide bonds. The average molecular weight is 594 g/mol. The summed E-state index contributed by atoms with van der Waals surface area (Å²) in [6.07, 6.45) is 3.58. The van der Waals surface area contributed by atoms with Gasteiger partial charge in [-0.3, -0.25) is 14.5 Å². The summed E-state index contributed by atoms with van der Waals surface area (Å²) in [5.41, 5.74) is 2.60. The van der Waals surface area contributed by atoms with Crippen LogP contribution in [0.25, 0.3) is 10.9 Å². The number of carbonyl (C=O) groups excluding carboxylic acids is 2. The van der Waals surface area contributed by atoms with Crippen LogP contribution < -0.4 is 5.32 Å². The van der Waals surface area contributed by atoms with E-state index in [0.717, 1.165) is 39.3 Å². The maximum absolute atomic E-state index is 14.0. The first-order valence-electron chi connectivity index (χ1n) is 12.9. The Bertz CT molecular complexity index is 1410. The molecule has 2 aromatic carbocycles. The summed E-state index contributed by atoms with van der Waals surface area (Å²) in [5, 5.41) is 6.22. The van der Waals surface area contributed by atoms with E-state index in [2.05, 4.69) is 62.7 Å². The maximum Gasteiger partial charge on any atom is 0.249 e. The zero-order valence-corrected chi connectivity index (χ0v) is 24.3. The number of likely N-dealkylation sites (tertiary alicyclic amines) is 1. The second kappa shape index (κ2) is 11.0. The molecule has 8 heteroatoms.